The molecule has 0 aliphatic rings. The maximum Gasteiger partial charge on any atom is 0.417 e. The number of rotatable bonds is 5. The molecule has 5 nitrogen and oxygen atoms in total. The van der Waals surface area contributed by atoms with Crippen LogP contribution in [0.25, 0.3) is 11.3 Å². The molecule has 2 aromatic rings. The van der Waals surface area contributed by atoms with Crippen LogP contribution < -0.4 is 0 Å². The van der Waals surface area contributed by atoms with Gasteiger partial charge < -0.3 is 19.5 Å². The number of halogens is 3. The number of hydrogen-bond donors (Lipinski definition) is 2. The molecule has 0 aliphatic heterocycles. The van der Waals surface area contributed by atoms with Gasteiger partial charge in [-0.2, -0.15) is 13.2 Å². The van der Waals surface area contributed by atoms with E-state index in [4.69, 9.17) is 4.74 Å². The van der Waals surface area contributed by atoms with Gasteiger partial charge in [0, 0.05) is 18.9 Å². The zero-order chi connectivity index (χ0) is 18.1. The number of alkyl halides is 3. The van der Waals surface area contributed by atoms with Crippen LogP contribution in [-0.4, -0.2) is 34.5 Å². The third kappa shape index (κ3) is 3.29. The number of aromatic carboxylic acids is 1. The number of nitrogens with zero attached hydrogens (tertiary/aromatic N) is 1. The van der Waals surface area contributed by atoms with Crippen molar-refractivity contribution >= 4 is 5.97 Å². The van der Waals surface area contributed by atoms with Crippen LogP contribution in [0.15, 0.2) is 30.5 Å². The average Bonchev–Trinajstić information content (AvgIpc) is 2.84. The van der Waals surface area contributed by atoms with E-state index in [1.807, 2.05) is 0 Å². The molecule has 1 atom stereocenters. The van der Waals surface area contributed by atoms with Gasteiger partial charge in [-0.3, -0.25) is 0 Å². The number of carboxylic acid groups (broad SMARTS) is 1. The fourth-order valence-electron chi connectivity index (χ4n) is 2.58. The molecular weight excluding hydrogens is 327 g/mol. The van der Waals surface area contributed by atoms with Crippen LogP contribution in [0, 0.1) is 6.92 Å². The summed E-state index contributed by atoms with van der Waals surface area (Å²) in [4.78, 5) is 11.3. The lowest BCUT2D eigenvalue weighted by Crippen LogP contribution is -2.16. The molecule has 8 heteroatoms. The monoisotopic (exact) mass is 343 g/mol. The Morgan fingerprint density at radius 2 is 1.96 bits per heavy atom. The first-order chi connectivity index (χ1) is 11.2. The van der Waals surface area contributed by atoms with Crippen molar-refractivity contribution < 1.29 is 32.9 Å². The van der Waals surface area contributed by atoms with Crippen molar-refractivity contribution in [1.29, 1.82) is 0 Å². The van der Waals surface area contributed by atoms with Crippen molar-refractivity contribution in [2.24, 2.45) is 0 Å². The Bertz CT molecular complexity index is 752. The van der Waals surface area contributed by atoms with Crippen LogP contribution in [0.1, 0.15) is 27.7 Å². The minimum atomic E-state index is -4.62. The third-order valence-corrected chi connectivity index (χ3v) is 3.64. The molecule has 130 valence electrons. The SMILES string of the molecule is COCC(O)n1cc(C(=O)O)c(C)c1-c1ccccc1C(F)(F)F. The number of carbonyl (C=O) groups is 1. The van der Waals surface area contributed by atoms with E-state index in [1.165, 1.54) is 32.2 Å². The number of methoxy groups -OCH3 is 1. The summed E-state index contributed by atoms with van der Waals surface area (Å²) in [5, 5.41) is 19.4. The molecule has 2 rings (SSSR count). The zero-order valence-corrected chi connectivity index (χ0v) is 13.0. The van der Waals surface area contributed by atoms with Crippen LogP contribution in [-0.2, 0) is 10.9 Å². The van der Waals surface area contributed by atoms with Crippen LogP contribution in [0.4, 0.5) is 13.2 Å². The quantitative estimate of drug-likeness (QED) is 0.874. The van der Waals surface area contributed by atoms with Gasteiger partial charge in [0.2, 0.25) is 0 Å². The van der Waals surface area contributed by atoms with Gasteiger partial charge in [0.15, 0.2) is 6.23 Å². The Balaban J connectivity index is 2.77. The van der Waals surface area contributed by atoms with Gasteiger partial charge in [-0.1, -0.05) is 18.2 Å². The molecule has 0 saturated carbocycles. The average molecular weight is 343 g/mol. The first kappa shape index (κ1) is 18.0. The lowest BCUT2D eigenvalue weighted by atomic mass is 10.00. The third-order valence-electron chi connectivity index (χ3n) is 3.64. The van der Waals surface area contributed by atoms with Gasteiger partial charge in [0.1, 0.15) is 0 Å². The number of ether oxygens (including phenoxy) is 1. The first-order valence-electron chi connectivity index (χ1n) is 6.96. The van der Waals surface area contributed by atoms with Gasteiger partial charge in [-0.15, -0.1) is 0 Å². The Morgan fingerprint density at radius 1 is 1.33 bits per heavy atom. The maximum atomic E-state index is 13.3. The standard InChI is InChI=1S/C16H16F3NO4/c1-9-11(15(22)23)7-20(13(21)8-24-2)14(9)10-5-3-4-6-12(10)16(17,18)19/h3-7,13,21H,8H2,1-2H3,(H,22,23). The second-order valence-electron chi connectivity index (χ2n) is 5.21. The highest BCUT2D eigenvalue weighted by Gasteiger charge is 2.35. The van der Waals surface area contributed by atoms with Crippen LogP contribution in [0.3, 0.4) is 0 Å². The van der Waals surface area contributed by atoms with Crippen molar-refractivity contribution in [2.45, 2.75) is 19.3 Å². The Labute approximate surface area is 135 Å². The molecule has 2 N–H and O–H groups in total. The normalized spacial score (nSPS) is 13.1. The van der Waals surface area contributed by atoms with E-state index in [1.54, 1.807) is 0 Å². The number of aromatic nitrogens is 1. The summed E-state index contributed by atoms with van der Waals surface area (Å²) < 4.78 is 45.8. The molecule has 1 aromatic carbocycles. The van der Waals surface area contributed by atoms with E-state index >= 15 is 0 Å². The molecule has 0 fully saturated rings. The van der Waals surface area contributed by atoms with Gasteiger partial charge in [0.25, 0.3) is 0 Å². The minimum absolute atomic E-state index is 0.00938. The van der Waals surface area contributed by atoms with Crippen LogP contribution >= 0.6 is 0 Å². The van der Waals surface area contributed by atoms with E-state index in [9.17, 15) is 28.2 Å². The molecule has 1 unspecified atom stereocenters. The van der Waals surface area contributed by atoms with Crippen LogP contribution in [0.2, 0.25) is 0 Å². The Kier molecular flexibility index (Phi) is 5.00. The summed E-state index contributed by atoms with van der Waals surface area (Å²) in [6.45, 7) is 1.20. The first-order valence-corrected chi connectivity index (χ1v) is 6.96. The van der Waals surface area contributed by atoms with Gasteiger partial charge in [-0.05, 0) is 18.6 Å². The Morgan fingerprint density at radius 3 is 2.50 bits per heavy atom. The fourth-order valence-corrected chi connectivity index (χ4v) is 2.58. The highest BCUT2D eigenvalue weighted by molar-refractivity contribution is 5.92. The second-order valence-corrected chi connectivity index (χ2v) is 5.21. The lowest BCUT2D eigenvalue weighted by molar-refractivity contribution is -0.137. The fraction of sp³-hybridized carbons (Fsp3) is 0.312. The maximum absolute atomic E-state index is 13.3. The summed E-state index contributed by atoms with van der Waals surface area (Å²) in [5.74, 6) is -1.29. The van der Waals surface area contributed by atoms with Gasteiger partial charge in [-0.25, -0.2) is 4.79 Å². The van der Waals surface area contributed by atoms with E-state index in [0.29, 0.717) is 0 Å². The summed E-state index contributed by atoms with van der Waals surface area (Å²) in [5.41, 5.74) is -1.17. The highest BCUT2D eigenvalue weighted by Crippen LogP contribution is 2.40. The molecule has 0 radical (unpaired) electrons. The van der Waals surface area contributed by atoms with E-state index in [-0.39, 0.29) is 29.0 Å². The van der Waals surface area contributed by atoms with Crippen molar-refractivity contribution in [3.05, 3.63) is 47.2 Å². The topological polar surface area (TPSA) is 71.7 Å². The van der Waals surface area contributed by atoms with E-state index < -0.39 is 23.9 Å². The van der Waals surface area contributed by atoms with E-state index in [0.717, 1.165) is 16.8 Å². The number of hydrogen-bond acceptors (Lipinski definition) is 3. The minimum Gasteiger partial charge on any atom is -0.478 e. The smallest absolute Gasteiger partial charge is 0.417 e. The lowest BCUT2D eigenvalue weighted by Gasteiger charge is -2.19. The molecule has 0 aliphatic carbocycles. The number of benzene rings is 1. The van der Waals surface area contributed by atoms with Crippen molar-refractivity contribution in [3.63, 3.8) is 0 Å². The molecular formula is C16H16F3NO4. The molecule has 1 aromatic heterocycles. The molecule has 24 heavy (non-hydrogen) atoms. The summed E-state index contributed by atoms with van der Waals surface area (Å²) in [7, 11) is 1.32. The summed E-state index contributed by atoms with van der Waals surface area (Å²) in [6.07, 6.45) is -4.82. The van der Waals surface area contributed by atoms with Crippen molar-refractivity contribution in [1.82, 2.24) is 4.57 Å². The van der Waals surface area contributed by atoms with Gasteiger partial charge in [0.05, 0.1) is 23.4 Å². The molecule has 0 spiro atoms. The predicted octanol–water partition coefficient (Wildman–Crippen LogP) is 3.32. The second kappa shape index (κ2) is 6.66. The highest BCUT2D eigenvalue weighted by atomic mass is 19.4. The van der Waals surface area contributed by atoms with Crippen molar-refractivity contribution in [2.75, 3.05) is 13.7 Å². The number of aliphatic hydroxyl groups excluding tert-OH is 1. The Hall–Kier alpha value is -2.32. The molecule has 0 amide bonds. The van der Waals surface area contributed by atoms with Gasteiger partial charge >= 0.3 is 12.1 Å². The molecule has 0 saturated heterocycles. The van der Waals surface area contributed by atoms with Crippen LogP contribution in [0.5, 0.6) is 0 Å². The molecule has 0 bridgehead atoms. The predicted molar refractivity (Wildman–Crippen MR) is 79.7 cm³/mol. The van der Waals surface area contributed by atoms with Crippen molar-refractivity contribution in [3.8, 4) is 11.3 Å². The van der Waals surface area contributed by atoms with E-state index in [2.05, 4.69) is 0 Å². The largest absolute Gasteiger partial charge is 0.478 e. The summed E-state index contributed by atoms with van der Waals surface area (Å²) >= 11 is 0. The zero-order valence-electron chi connectivity index (χ0n) is 13.0. The number of carboxylic acids is 1. The number of aliphatic hydroxyl groups is 1. The summed E-state index contributed by atoms with van der Waals surface area (Å²) in [6, 6.07) is 4.82. The molecule has 1 heterocycles.